The molecular formula is C18H23N. The van der Waals surface area contributed by atoms with E-state index in [1.54, 1.807) is 0 Å². The predicted molar refractivity (Wildman–Crippen MR) is 82.2 cm³/mol. The van der Waals surface area contributed by atoms with E-state index in [2.05, 4.69) is 56.9 Å². The van der Waals surface area contributed by atoms with E-state index < -0.39 is 0 Å². The normalized spacial score (nSPS) is 13.3. The summed E-state index contributed by atoms with van der Waals surface area (Å²) >= 11 is 0. The number of aromatic nitrogens is 1. The summed E-state index contributed by atoms with van der Waals surface area (Å²) in [6.45, 7) is 9.20. The summed E-state index contributed by atoms with van der Waals surface area (Å²) < 4.78 is 0. The number of benzene rings is 1. The molecule has 19 heavy (non-hydrogen) atoms. The quantitative estimate of drug-likeness (QED) is 0.724. The maximum Gasteiger partial charge on any atom is 0.0701 e. The zero-order chi connectivity index (χ0) is 13.9. The molecule has 0 bridgehead atoms. The molecule has 2 rings (SSSR count). The van der Waals surface area contributed by atoms with Gasteiger partial charge in [-0.25, -0.2) is 0 Å². The van der Waals surface area contributed by atoms with Gasteiger partial charge in [-0.15, -0.1) is 0 Å². The van der Waals surface area contributed by atoms with Crippen molar-refractivity contribution in [2.45, 2.75) is 40.0 Å². The summed E-state index contributed by atoms with van der Waals surface area (Å²) in [6.07, 6.45) is 3.04. The molecule has 1 aromatic carbocycles. The first-order valence-electron chi connectivity index (χ1n) is 6.97. The summed E-state index contributed by atoms with van der Waals surface area (Å²) in [7, 11) is 0. The third-order valence-corrected chi connectivity index (χ3v) is 3.36. The molecule has 0 spiro atoms. The summed E-state index contributed by atoms with van der Waals surface area (Å²) in [5.41, 5.74) is 4.01. The van der Waals surface area contributed by atoms with E-state index >= 15 is 0 Å². The van der Waals surface area contributed by atoms with Gasteiger partial charge in [-0.05, 0) is 35.4 Å². The van der Waals surface area contributed by atoms with Crippen molar-refractivity contribution in [1.29, 1.82) is 0 Å². The molecule has 1 nitrogen and oxygen atoms in total. The van der Waals surface area contributed by atoms with Crippen LogP contribution in [0.3, 0.4) is 0 Å². The van der Waals surface area contributed by atoms with Crippen LogP contribution >= 0.6 is 0 Å². The monoisotopic (exact) mass is 253 g/mol. The minimum absolute atomic E-state index is 0.374. The lowest BCUT2D eigenvalue weighted by atomic mass is 9.82. The van der Waals surface area contributed by atoms with Gasteiger partial charge in [0.2, 0.25) is 0 Å². The smallest absolute Gasteiger partial charge is 0.0701 e. The van der Waals surface area contributed by atoms with Crippen molar-refractivity contribution in [3.8, 4) is 11.3 Å². The first-order valence-corrected chi connectivity index (χ1v) is 6.97. The zero-order valence-corrected chi connectivity index (χ0v) is 12.4. The first kappa shape index (κ1) is 13.8. The fourth-order valence-corrected chi connectivity index (χ4v) is 2.55. The second-order valence-electron chi connectivity index (χ2n) is 6.50. The van der Waals surface area contributed by atoms with Gasteiger partial charge >= 0.3 is 0 Å². The van der Waals surface area contributed by atoms with E-state index in [0.717, 1.165) is 5.69 Å². The van der Waals surface area contributed by atoms with Gasteiger partial charge in [-0.1, -0.05) is 58.0 Å². The fourth-order valence-electron chi connectivity index (χ4n) is 2.55. The predicted octanol–water partition coefficient (Wildman–Crippen LogP) is 5.29. The van der Waals surface area contributed by atoms with Gasteiger partial charge in [-0.3, -0.25) is 4.98 Å². The van der Waals surface area contributed by atoms with Crippen LogP contribution in [0.15, 0.2) is 48.7 Å². The molecule has 0 N–H and O–H groups in total. The number of hydrogen-bond donors (Lipinski definition) is 0. The lowest BCUT2D eigenvalue weighted by Crippen LogP contribution is -2.09. The standard InChI is InChI=1S/C18H23N/c1-14(13-18(2,3)4)15-8-10-16(11-9-15)17-7-5-6-12-19-17/h5-12,14H,13H2,1-4H3. The number of pyridine rings is 1. The van der Waals surface area contributed by atoms with Crippen LogP contribution in [0.2, 0.25) is 0 Å². The second kappa shape index (κ2) is 5.56. The van der Waals surface area contributed by atoms with Gasteiger partial charge in [0, 0.05) is 11.8 Å². The molecule has 0 radical (unpaired) electrons. The van der Waals surface area contributed by atoms with Gasteiger partial charge in [0.25, 0.3) is 0 Å². The topological polar surface area (TPSA) is 12.9 Å². The van der Waals surface area contributed by atoms with Crippen LogP contribution in [0, 0.1) is 5.41 Å². The van der Waals surface area contributed by atoms with Crippen molar-refractivity contribution in [3.05, 3.63) is 54.2 Å². The highest BCUT2D eigenvalue weighted by Crippen LogP contribution is 2.31. The van der Waals surface area contributed by atoms with Crippen LogP contribution in [0.25, 0.3) is 11.3 Å². The molecule has 0 aliphatic heterocycles. The van der Waals surface area contributed by atoms with Crippen LogP contribution in [0.1, 0.15) is 45.6 Å². The molecule has 0 saturated heterocycles. The molecule has 0 aliphatic carbocycles. The third-order valence-electron chi connectivity index (χ3n) is 3.36. The van der Waals surface area contributed by atoms with E-state index in [4.69, 9.17) is 0 Å². The SMILES string of the molecule is CC(CC(C)(C)C)c1ccc(-c2ccccn2)cc1. The van der Waals surface area contributed by atoms with Crippen molar-refractivity contribution in [2.24, 2.45) is 5.41 Å². The highest BCUT2D eigenvalue weighted by atomic mass is 14.7. The van der Waals surface area contributed by atoms with Gasteiger partial charge in [0.05, 0.1) is 5.69 Å². The maximum atomic E-state index is 4.38. The Kier molecular flexibility index (Phi) is 4.04. The van der Waals surface area contributed by atoms with Gasteiger partial charge in [0.15, 0.2) is 0 Å². The minimum atomic E-state index is 0.374. The Hall–Kier alpha value is -1.63. The Morgan fingerprint density at radius 2 is 1.68 bits per heavy atom. The van der Waals surface area contributed by atoms with Gasteiger partial charge < -0.3 is 0 Å². The number of rotatable bonds is 3. The summed E-state index contributed by atoms with van der Waals surface area (Å²) in [5.74, 6) is 0.595. The third kappa shape index (κ3) is 3.92. The van der Waals surface area contributed by atoms with Crippen LogP contribution < -0.4 is 0 Å². The van der Waals surface area contributed by atoms with Crippen molar-refractivity contribution in [2.75, 3.05) is 0 Å². The molecule has 1 atom stereocenters. The summed E-state index contributed by atoms with van der Waals surface area (Å²) in [4.78, 5) is 4.38. The average Bonchev–Trinajstić information content (AvgIpc) is 2.38. The molecular weight excluding hydrogens is 230 g/mol. The molecule has 1 aromatic heterocycles. The van der Waals surface area contributed by atoms with Crippen molar-refractivity contribution >= 4 is 0 Å². The van der Waals surface area contributed by atoms with E-state index in [0.29, 0.717) is 11.3 Å². The average molecular weight is 253 g/mol. The summed E-state index contributed by atoms with van der Waals surface area (Å²) in [6, 6.07) is 14.9. The van der Waals surface area contributed by atoms with Crippen LogP contribution in [0.4, 0.5) is 0 Å². The first-order chi connectivity index (χ1) is 8.96. The van der Waals surface area contributed by atoms with E-state index in [-0.39, 0.29) is 0 Å². The van der Waals surface area contributed by atoms with Crippen LogP contribution in [-0.4, -0.2) is 4.98 Å². The Balaban J connectivity index is 2.15. The lowest BCUT2D eigenvalue weighted by molar-refractivity contribution is 0.349. The number of nitrogens with zero attached hydrogens (tertiary/aromatic N) is 1. The van der Waals surface area contributed by atoms with Crippen molar-refractivity contribution < 1.29 is 0 Å². The molecule has 0 saturated carbocycles. The highest BCUT2D eigenvalue weighted by molar-refractivity contribution is 5.59. The zero-order valence-electron chi connectivity index (χ0n) is 12.4. The molecule has 2 aromatic rings. The molecule has 0 aliphatic rings. The molecule has 1 heterocycles. The van der Waals surface area contributed by atoms with Gasteiger partial charge in [-0.2, -0.15) is 0 Å². The van der Waals surface area contributed by atoms with E-state index in [1.165, 1.54) is 17.5 Å². The van der Waals surface area contributed by atoms with Crippen molar-refractivity contribution in [3.63, 3.8) is 0 Å². The Morgan fingerprint density at radius 1 is 1.00 bits per heavy atom. The minimum Gasteiger partial charge on any atom is -0.256 e. The largest absolute Gasteiger partial charge is 0.256 e. The van der Waals surface area contributed by atoms with Crippen molar-refractivity contribution in [1.82, 2.24) is 4.98 Å². The fraction of sp³-hybridized carbons (Fsp3) is 0.389. The van der Waals surface area contributed by atoms with Crippen LogP contribution in [0.5, 0.6) is 0 Å². The number of hydrogen-bond acceptors (Lipinski definition) is 1. The Bertz CT molecular complexity index is 506. The molecule has 0 fully saturated rings. The molecule has 1 unspecified atom stereocenters. The molecule has 1 heteroatoms. The van der Waals surface area contributed by atoms with Gasteiger partial charge in [0.1, 0.15) is 0 Å². The summed E-state index contributed by atoms with van der Waals surface area (Å²) in [5, 5.41) is 0. The maximum absolute atomic E-state index is 4.38. The van der Waals surface area contributed by atoms with E-state index in [9.17, 15) is 0 Å². The Morgan fingerprint density at radius 3 is 2.21 bits per heavy atom. The second-order valence-corrected chi connectivity index (χ2v) is 6.50. The Labute approximate surface area is 116 Å². The highest BCUT2D eigenvalue weighted by Gasteiger charge is 2.16. The molecule has 100 valence electrons. The van der Waals surface area contributed by atoms with Crippen LogP contribution in [-0.2, 0) is 0 Å². The lowest BCUT2D eigenvalue weighted by Gasteiger charge is -2.23. The molecule has 0 amide bonds. The van der Waals surface area contributed by atoms with E-state index in [1.807, 2.05) is 24.4 Å².